The molecule has 0 N–H and O–H groups in total. The Balaban J connectivity index is 2.18. The summed E-state index contributed by atoms with van der Waals surface area (Å²) in [5.41, 5.74) is 1.19. The maximum absolute atomic E-state index is 12.7. The number of rotatable bonds is 4. The molecule has 0 radical (unpaired) electrons. The first-order valence-corrected chi connectivity index (χ1v) is 9.40. The Morgan fingerprint density at radius 2 is 1.87 bits per heavy atom. The molecular formula is C15H21ClN2O4S. The number of sulfonamides is 1. The molecule has 0 unspecified atom stereocenters. The van der Waals surface area contributed by atoms with Crippen molar-refractivity contribution in [3.8, 4) is 5.75 Å². The number of carbonyl (C=O) groups is 1. The summed E-state index contributed by atoms with van der Waals surface area (Å²) >= 11 is 6.05. The van der Waals surface area contributed by atoms with E-state index in [1.54, 1.807) is 24.0 Å². The van der Waals surface area contributed by atoms with E-state index in [2.05, 4.69) is 0 Å². The Labute approximate surface area is 142 Å². The van der Waals surface area contributed by atoms with Crippen LogP contribution in [0.2, 0.25) is 5.02 Å². The van der Waals surface area contributed by atoms with Gasteiger partial charge in [-0.3, -0.25) is 4.79 Å². The maximum Gasteiger partial charge on any atom is 0.257 e. The predicted molar refractivity (Wildman–Crippen MR) is 89.7 cm³/mol. The summed E-state index contributed by atoms with van der Waals surface area (Å²) in [6, 6.07) is 3.33. The van der Waals surface area contributed by atoms with Crippen molar-refractivity contribution in [3.63, 3.8) is 0 Å². The largest absolute Gasteiger partial charge is 0.496 e. The molecule has 1 aromatic rings. The molecule has 1 aromatic carbocycles. The fourth-order valence-electron chi connectivity index (χ4n) is 2.68. The molecule has 1 fully saturated rings. The average molecular weight is 361 g/mol. The monoisotopic (exact) mass is 360 g/mol. The van der Waals surface area contributed by atoms with E-state index in [9.17, 15) is 13.2 Å². The van der Waals surface area contributed by atoms with Crippen molar-refractivity contribution in [2.75, 3.05) is 39.0 Å². The SMILES string of the molecule is CCS(=O)(=O)N1CCN(C(=O)c2cc(Cl)cc(C)c2OC)CC1. The molecular weight excluding hydrogens is 340 g/mol. The summed E-state index contributed by atoms with van der Waals surface area (Å²) in [5, 5.41) is 0.471. The number of nitrogens with zero attached hydrogens (tertiary/aromatic N) is 2. The molecule has 6 nitrogen and oxygen atoms in total. The molecule has 23 heavy (non-hydrogen) atoms. The minimum absolute atomic E-state index is 0.0717. The van der Waals surface area contributed by atoms with Gasteiger partial charge in [0.1, 0.15) is 5.75 Å². The standard InChI is InChI=1S/C15H21ClN2O4S/c1-4-23(20,21)18-7-5-17(6-8-18)15(19)13-10-12(16)9-11(2)14(13)22-3/h9-10H,4-8H2,1-3H3. The number of methoxy groups -OCH3 is 1. The highest BCUT2D eigenvalue weighted by Gasteiger charge is 2.29. The number of carbonyl (C=O) groups excluding carboxylic acids is 1. The zero-order valence-electron chi connectivity index (χ0n) is 13.5. The van der Waals surface area contributed by atoms with Crippen molar-refractivity contribution in [1.29, 1.82) is 0 Å². The van der Waals surface area contributed by atoms with Crippen LogP contribution in [0.1, 0.15) is 22.8 Å². The minimum atomic E-state index is -3.21. The van der Waals surface area contributed by atoms with Gasteiger partial charge in [-0.05, 0) is 31.5 Å². The van der Waals surface area contributed by atoms with E-state index < -0.39 is 10.0 Å². The number of amides is 1. The van der Waals surface area contributed by atoms with E-state index in [1.807, 2.05) is 6.92 Å². The van der Waals surface area contributed by atoms with E-state index in [4.69, 9.17) is 16.3 Å². The molecule has 1 aliphatic rings. The van der Waals surface area contributed by atoms with E-state index in [0.29, 0.717) is 42.5 Å². The quantitative estimate of drug-likeness (QED) is 0.820. The Bertz CT molecular complexity index is 698. The second kappa shape index (κ2) is 7.07. The number of hydrogen-bond acceptors (Lipinski definition) is 4. The molecule has 0 spiro atoms. The first kappa shape index (κ1) is 18.0. The van der Waals surface area contributed by atoms with Gasteiger partial charge in [0, 0.05) is 31.2 Å². The summed E-state index contributed by atoms with van der Waals surface area (Å²) in [4.78, 5) is 14.4. The molecule has 8 heteroatoms. The van der Waals surface area contributed by atoms with Gasteiger partial charge in [-0.15, -0.1) is 0 Å². The lowest BCUT2D eigenvalue weighted by atomic mass is 10.1. The second-order valence-electron chi connectivity index (χ2n) is 5.40. The first-order chi connectivity index (χ1) is 10.8. The van der Waals surface area contributed by atoms with Crippen molar-refractivity contribution in [1.82, 2.24) is 9.21 Å². The normalized spacial score (nSPS) is 16.4. The van der Waals surface area contributed by atoms with E-state index in [0.717, 1.165) is 5.56 Å². The Hall–Kier alpha value is -1.31. The smallest absolute Gasteiger partial charge is 0.257 e. The molecule has 0 aromatic heterocycles. The minimum Gasteiger partial charge on any atom is -0.496 e. The number of aryl methyl sites for hydroxylation is 1. The molecule has 1 aliphatic heterocycles. The van der Waals surface area contributed by atoms with Crippen molar-refractivity contribution in [2.45, 2.75) is 13.8 Å². The lowest BCUT2D eigenvalue weighted by Crippen LogP contribution is -2.50. The zero-order chi connectivity index (χ0) is 17.2. The van der Waals surface area contributed by atoms with Crippen LogP contribution in [0, 0.1) is 6.92 Å². The van der Waals surface area contributed by atoms with Crippen molar-refractivity contribution >= 4 is 27.5 Å². The van der Waals surface area contributed by atoms with Gasteiger partial charge in [-0.1, -0.05) is 11.6 Å². The Morgan fingerprint density at radius 3 is 2.39 bits per heavy atom. The topological polar surface area (TPSA) is 66.9 Å². The fourth-order valence-corrected chi connectivity index (χ4v) is 4.04. The van der Waals surface area contributed by atoms with Crippen LogP contribution < -0.4 is 4.74 Å². The molecule has 0 aliphatic carbocycles. The van der Waals surface area contributed by atoms with Crippen LogP contribution >= 0.6 is 11.6 Å². The van der Waals surface area contributed by atoms with Gasteiger partial charge in [0.15, 0.2) is 0 Å². The highest BCUT2D eigenvalue weighted by Crippen LogP contribution is 2.29. The number of halogens is 1. The Kier molecular flexibility index (Phi) is 5.54. The van der Waals surface area contributed by atoms with Crippen LogP contribution in [-0.4, -0.2) is 62.6 Å². The van der Waals surface area contributed by atoms with Gasteiger partial charge >= 0.3 is 0 Å². The number of benzene rings is 1. The molecule has 1 saturated heterocycles. The fraction of sp³-hybridized carbons (Fsp3) is 0.533. The predicted octanol–water partition coefficient (Wildman–Crippen LogP) is 1.76. The van der Waals surface area contributed by atoms with Crippen molar-refractivity contribution in [3.05, 3.63) is 28.3 Å². The molecule has 0 saturated carbocycles. The van der Waals surface area contributed by atoms with Gasteiger partial charge in [0.25, 0.3) is 5.91 Å². The summed E-state index contributed by atoms with van der Waals surface area (Å²) in [6.45, 7) is 4.77. The summed E-state index contributed by atoms with van der Waals surface area (Å²) in [7, 11) is -1.70. The maximum atomic E-state index is 12.7. The van der Waals surface area contributed by atoms with E-state index in [1.165, 1.54) is 11.4 Å². The molecule has 2 rings (SSSR count). The molecule has 1 amide bonds. The van der Waals surface area contributed by atoms with Gasteiger partial charge in [-0.25, -0.2) is 8.42 Å². The lowest BCUT2D eigenvalue weighted by Gasteiger charge is -2.34. The third-order valence-corrected chi connectivity index (χ3v) is 6.06. The summed E-state index contributed by atoms with van der Waals surface area (Å²) in [5.74, 6) is 0.381. The van der Waals surface area contributed by atoms with Crippen LogP contribution in [0.15, 0.2) is 12.1 Å². The summed E-state index contributed by atoms with van der Waals surface area (Å²) in [6.07, 6.45) is 0. The Morgan fingerprint density at radius 1 is 1.26 bits per heavy atom. The molecule has 0 atom stereocenters. The summed E-state index contributed by atoms with van der Waals surface area (Å²) < 4.78 is 30.5. The highest BCUT2D eigenvalue weighted by atomic mass is 35.5. The lowest BCUT2D eigenvalue weighted by molar-refractivity contribution is 0.0694. The van der Waals surface area contributed by atoms with Gasteiger partial charge in [0.05, 0.1) is 18.4 Å². The van der Waals surface area contributed by atoms with Gasteiger partial charge < -0.3 is 9.64 Å². The average Bonchev–Trinajstić information content (AvgIpc) is 2.53. The number of piperazine rings is 1. The van der Waals surface area contributed by atoms with Gasteiger partial charge in [-0.2, -0.15) is 4.31 Å². The van der Waals surface area contributed by atoms with Crippen LogP contribution in [0.25, 0.3) is 0 Å². The van der Waals surface area contributed by atoms with Crippen molar-refractivity contribution in [2.24, 2.45) is 0 Å². The van der Waals surface area contributed by atoms with Crippen molar-refractivity contribution < 1.29 is 17.9 Å². The third kappa shape index (κ3) is 3.79. The third-order valence-electron chi connectivity index (χ3n) is 3.96. The second-order valence-corrected chi connectivity index (χ2v) is 8.09. The van der Waals surface area contributed by atoms with E-state index >= 15 is 0 Å². The van der Waals surface area contributed by atoms with Crippen LogP contribution in [0.4, 0.5) is 0 Å². The molecule has 128 valence electrons. The first-order valence-electron chi connectivity index (χ1n) is 7.41. The van der Waals surface area contributed by atoms with Crippen LogP contribution in [0.5, 0.6) is 5.75 Å². The number of ether oxygens (including phenoxy) is 1. The molecule has 1 heterocycles. The zero-order valence-corrected chi connectivity index (χ0v) is 15.1. The van der Waals surface area contributed by atoms with E-state index in [-0.39, 0.29) is 11.7 Å². The van der Waals surface area contributed by atoms with Crippen LogP contribution in [0.3, 0.4) is 0 Å². The highest BCUT2D eigenvalue weighted by molar-refractivity contribution is 7.89. The van der Waals surface area contributed by atoms with Gasteiger partial charge in [0.2, 0.25) is 10.0 Å². The molecule has 0 bridgehead atoms. The van der Waals surface area contributed by atoms with Crippen LogP contribution in [-0.2, 0) is 10.0 Å². The number of hydrogen-bond donors (Lipinski definition) is 0.